The summed E-state index contributed by atoms with van der Waals surface area (Å²) in [6.45, 7) is 1.91. The Kier molecular flexibility index (Phi) is 4.33. The third kappa shape index (κ3) is 2.88. The van der Waals surface area contributed by atoms with Crippen LogP contribution < -0.4 is 9.64 Å². The average molecular weight is 265 g/mol. The molecule has 96 valence electrons. The van der Waals surface area contributed by atoms with Gasteiger partial charge >= 0.3 is 0 Å². The molecule has 1 saturated heterocycles. The van der Waals surface area contributed by atoms with Crippen molar-refractivity contribution in [3.05, 3.63) is 23.2 Å². The standard InChI is InChI=1S/C14H17ClN2O/c1-18-14-5-4-12(15)9-13(14)17-8-2-3-11(10-17)6-7-16/h4-5,9,11H,2-3,6,8,10H2,1H3. The summed E-state index contributed by atoms with van der Waals surface area (Å²) < 4.78 is 5.38. The number of methoxy groups -OCH3 is 1. The number of rotatable bonds is 3. The molecule has 1 aliphatic rings. The Morgan fingerprint density at radius 2 is 2.39 bits per heavy atom. The zero-order chi connectivity index (χ0) is 13.0. The molecule has 0 bridgehead atoms. The van der Waals surface area contributed by atoms with E-state index in [-0.39, 0.29) is 0 Å². The van der Waals surface area contributed by atoms with Crippen molar-refractivity contribution in [2.75, 3.05) is 25.1 Å². The maximum atomic E-state index is 8.81. The van der Waals surface area contributed by atoms with Gasteiger partial charge in [0, 0.05) is 24.5 Å². The van der Waals surface area contributed by atoms with Gasteiger partial charge < -0.3 is 9.64 Å². The molecule has 0 saturated carbocycles. The van der Waals surface area contributed by atoms with Gasteiger partial charge in [0.2, 0.25) is 0 Å². The Morgan fingerprint density at radius 1 is 1.56 bits per heavy atom. The first-order valence-electron chi connectivity index (χ1n) is 6.20. The summed E-state index contributed by atoms with van der Waals surface area (Å²) in [5.41, 5.74) is 1.03. The fourth-order valence-electron chi connectivity index (χ4n) is 2.49. The molecule has 0 aromatic heterocycles. The van der Waals surface area contributed by atoms with Crippen LogP contribution in [0.15, 0.2) is 18.2 Å². The van der Waals surface area contributed by atoms with Gasteiger partial charge in [-0.2, -0.15) is 5.26 Å². The smallest absolute Gasteiger partial charge is 0.142 e. The maximum absolute atomic E-state index is 8.81. The predicted octanol–water partition coefficient (Wildman–Crippen LogP) is 3.48. The van der Waals surface area contributed by atoms with E-state index in [4.69, 9.17) is 21.6 Å². The second-order valence-electron chi connectivity index (χ2n) is 4.63. The number of halogens is 1. The highest BCUT2D eigenvalue weighted by Crippen LogP contribution is 2.34. The van der Waals surface area contributed by atoms with E-state index in [1.165, 1.54) is 0 Å². The van der Waals surface area contributed by atoms with Crippen LogP contribution in [-0.4, -0.2) is 20.2 Å². The Balaban J connectivity index is 2.20. The summed E-state index contributed by atoms with van der Waals surface area (Å²) in [4.78, 5) is 2.27. The molecule has 2 rings (SSSR count). The van der Waals surface area contributed by atoms with Gasteiger partial charge in [-0.1, -0.05) is 11.6 Å². The zero-order valence-electron chi connectivity index (χ0n) is 10.5. The van der Waals surface area contributed by atoms with Crippen molar-refractivity contribution >= 4 is 17.3 Å². The van der Waals surface area contributed by atoms with Crippen LogP contribution in [0.4, 0.5) is 5.69 Å². The van der Waals surface area contributed by atoms with Gasteiger partial charge in [0.15, 0.2) is 0 Å². The van der Waals surface area contributed by atoms with Crippen molar-refractivity contribution in [1.82, 2.24) is 0 Å². The molecule has 3 nitrogen and oxygen atoms in total. The molecular formula is C14H17ClN2O. The molecule has 1 atom stereocenters. The normalized spacial score (nSPS) is 19.4. The van der Waals surface area contributed by atoms with Crippen molar-refractivity contribution in [3.63, 3.8) is 0 Å². The van der Waals surface area contributed by atoms with Crippen LogP contribution >= 0.6 is 11.6 Å². The third-order valence-corrected chi connectivity index (χ3v) is 3.62. The molecule has 0 amide bonds. The number of nitrogens with zero attached hydrogens (tertiary/aromatic N) is 2. The topological polar surface area (TPSA) is 36.3 Å². The van der Waals surface area contributed by atoms with Crippen molar-refractivity contribution in [2.24, 2.45) is 5.92 Å². The number of piperidine rings is 1. The van der Waals surface area contributed by atoms with Crippen LogP contribution in [0.25, 0.3) is 0 Å². The molecule has 4 heteroatoms. The lowest BCUT2D eigenvalue weighted by Gasteiger charge is -2.34. The van der Waals surface area contributed by atoms with E-state index >= 15 is 0 Å². The molecule has 1 heterocycles. The van der Waals surface area contributed by atoms with Gasteiger partial charge in [-0.25, -0.2) is 0 Å². The molecule has 1 aromatic carbocycles. The summed E-state index contributed by atoms with van der Waals surface area (Å²) in [6.07, 6.45) is 2.87. The van der Waals surface area contributed by atoms with E-state index in [1.807, 2.05) is 18.2 Å². The molecule has 0 spiro atoms. The molecule has 1 aromatic rings. The largest absolute Gasteiger partial charge is 0.495 e. The van der Waals surface area contributed by atoms with Gasteiger partial charge in [-0.15, -0.1) is 0 Å². The van der Waals surface area contributed by atoms with Gasteiger partial charge in [0.05, 0.1) is 18.9 Å². The van der Waals surface area contributed by atoms with Crippen LogP contribution in [0.3, 0.4) is 0 Å². The third-order valence-electron chi connectivity index (χ3n) is 3.38. The summed E-state index contributed by atoms with van der Waals surface area (Å²) in [5, 5.41) is 9.52. The van der Waals surface area contributed by atoms with E-state index in [1.54, 1.807) is 7.11 Å². The quantitative estimate of drug-likeness (QED) is 0.839. The highest BCUT2D eigenvalue weighted by atomic mass is 35.5. The van der Waals surface area contributed by atoms with Crippen LogP contribution in [-0.2, 0) is 0 Å². The second kappa shape index (κ2) is 5.97. The van der Waals surface area contributed by atoms with Crippen LogP contribution in [0.1, 0.15) is 19.3 Å². The average Bonchev–Trinajstić information content (AvgIpc) is 2.39. The molecule has 0 radical (unpaired) electrons. The van der Waals surface area contributed by atoms with E-state index in [2.05, 4.69) is 11.0 Å². The van der Waals surface area contributed by atoms with Gasteiger partial charge in [-0.3, -0.25) is 0 Å². The lowest BCUT2D eigenvalue weighted by atomic mass is 9.95. The highest BCUT2D eigenvalue weighted by molar-refractivity contribution is 6.30. The molecule has 1 fully saturated rings. The van der Waals surface area contributed by atoms with Crippen molar-refractivity contribution in [2.45, 2.75) is 19.3 Å². The Hall–Kier alpha value is -1.40. The summed E-state index contributed by atoms with van der Waals surface area (Å²) in [5.74, 6) is 1.30. The van der Waals surface area contributed by atoms with Crippen molar-refractivity contribution < 1.29 is 4.74 Å². The number of nitriles is 1. The second-order valence-corrected chi connectivity index (χ2v) is 5.07. The number of benzene rings is 1. The van der Waals surface area contributed by atoms with E-state index in [0.717, 1.165) is 37.4 Å². The Morgan fingerprint density at radius 3 is 3.11 bits per heavy atom. The number of hydrogen-bond acceptors (Lipinski definition) is 3. The van der Waals surface area contributed by atoms with E-state index in [9.17, 15) is 0 Å². The number of anilines is 1. The van der Waals surface area contributed by atoms with Gasteiger partial charge in [0.1, 0.15) is 5.75 Å². The van der Waals surface area contributed by atoms with Crippen LogP contribution in [0.2, 0.25) is 5.02 Å². The van der Waals surface area contributed by atoms with E-state index in [0.29, 0.717) is 17.4 Å². The minimum atomic E-state index is 0.451. The molecule has 1 unspecified atom stereocenters. The number of ether oxygens (including phenoxy) is 1. The predicted molar refractivity (Wildman–Crippen MR) is 73.2 cm³/mol. The molecule has 18 heavy (non-hydrogen) atoms. The van der Waals surface area contributed by atoms with Crippen molar-refractivity contribution in [3.8, 4) is 11.8 Å². The first-order chi connectivity index (χ1) is 8.74. The minimum Gasteiger partial charge on any atom is -0.495 e. The van der Waals surface area contributed by atoms with Crippen LogP contribution in [0, 0.1) is 17.2 Å². The molecule has 0 N–H and O–H groups in total. The van der Waals surface area contributed by atoms with Crippen molar-refractivity contribution in [1.29, 1.82) is 5.26 Å². The monoisotopic (exact) mass is 264 g/mol. The molecule has 1 aliphatic heterocycles. The first kappa shape index (κ1) is 13.0. The Labute approximate surface area is 113 Å². The lowest BCUT2D eigenvalue weighted by Crippen LogP contribution is -2.35. The molecule has 0 aliphatic carbocycles. The van der Waals surface area contributed by atoms with Crippen LogP contribution in [0.5, 0.6) is 5.75 Å². The highest BCUT2D eigenvalue weighted by Gasteiger charge is 2.22. The van der Waals surface area contributed by atoms with Gasteiger partial charge in [-0.05, 0) is 37.0 Å². The fourth-order valence-corrected chi connectivity index (χ4v) is 2.66. The summed E-state index contributed by atoms with van der Waals surface area (Å²) in [6, 6.07) is 7.93. The maximum Gasteiger partial charge on any atom is 0.142 e. The van der Waals surface area contributed by atoms with E-state index < -0.39 is 0 Å². The lowest BCUT2D eigenvalue weighted by molar-refractivity contribution is 0.398. The SMILES string of the molecule is COc1ccc(Cl)cc1N1CCCC(CC#N)C1. The zero-order valence-corrected chi connectivity index (χ0v) is 11.3. The molecular weight excluding hydrogens is 248 g/mol. The first-order valence-corrected chi connectivity index (χ1v) is 6.58. The van der Waals surface area contributed by atoms with Gasteiger partial charge in [0.25, 0.3) is 0 Å². The number of hydrogen-bond donors (Lipinski definition) is 0. The minimum absolute atomic E-state index is 0.451. The summed E-state index contributed by atoms with van der Waals surface area (Å²) >= 11 is 6.06. The Bertz CT molecular complexity index is 456. The fraction of sp³-hybridized carbons (Fsp3) is 0.500. The summed E-state index contributed by atoms with van der Waals surface area (Å²) in [7, 11) is 1.67.